The zero-order valence-electron chi connectivity index (χ0n) is 12.1. The Morgan fingerprint density at radius 2 is 1.95 bits per heavy atom. The van der Waals surface area contributed by atoms with Crippen molar-refractivity contribution < 1.29 is 4.42 Å². The number of nitrogens with one attached hydrogen (secondary N) is 1. The van der Waals surface area contributed by atoms with Gasteiger partial charge in [-0.15, -0.1) is 10.2 Å². The summed E-state index contributed by atoms with van der Waals surface area (Å²) < 4.78 is 7.40. The normalized spacial score (nSPS) is 16.3. The maximum atomic E-state index is 5.43. The molecular weight excluding hydrogens is 242 g/mol. The molecule has 0 aliphatic heterocycles. The van der Waals surface area contributed by atoms with Gasteiger partial charge in [-0.3, -0.25) is 4.68 Å². The highest BCUT2D eigenvalue weighted by Crippen LogP contribution is 2.16. The highest BCUT2D eigenvalue weighted by molar-refractivity contribution is 5.01. The van der Waals surface area contributed by atoms with Gasteiger partial charge in [0.15, 0.2) is 0 Å². The number of nitrogens with zero attached hydrogens (tertiary/aromatic N) is 4. The zero-order valence-corrected chi connectivity index (χ0v) is 12.1. The second kappa shape index (κ2) is 5.52. The molecule has 0 aromatic carbocycles. The van der Waals surface area contributed by atoms with Gasteiger partial charge in [0, 0.05) is 19.2 Å². The molecule has 3 atom stereocenters. The van der Waals surface area contributed by atoms with Crippen LogP contribution in [0.3, 0.4) is 0 Å². The fraction of sp³-hybridized carbons (Fsp3) is 0.615. The van der Waals surface area contributed by atoms with Crippen LogP contribution < -0.4 is 5.32 Å². The minimum absolute atomic E-state index is 0.0234. The molecule has 0 bridgehead atoms. The first kappa shape index (κ1) is 13.7. The number of hydrogen-bond acceptors (Lipinski definition) is 5. The van der Waals surface area contributed by atoms with Gasteiger partial charge in [0.2, 0.25) is 11.8 Å². The fourth-order valence-corrected chi connectivity index (χ4v) is 1.98. The standard InChI is InChI=1S/C13H21N5O/c1-8-6-14-18(7-8)11(4)9(2)15-10(3)13-17-16-12(5)19-13/h6-7,9-11,15H,1-5H3/t9-,10-,11-/m1/s1. The van der Waals surface area contributed by atoms with Crippen molar-refractivity contribution in [3.05, 3.63) is 29.7 Å². The van der Waals surface area contributed by atoms with Gasteiger partial charge in [-0.05, 0) is 33.3 Å². The van der Waals surface area contributed by atoms with Crippen LogP contribution in [0, 0.1) is 13.8 Å². The highest BCUT2D eigenvalue weighted by Gasteiger charge is 2.20. The molecule has 0 radical (unpaired) electrons. The van der Waals surface area contributed by atoms with Gasteiger partial charge in [-0.25, -0.2) is 0 Å². The Morgan fingerprint density at radius 1 is 1.21 bits per heavy atom. The molecule has 0 aliphatic rings. The van der Waals surface area contributed by atoms with E-state index < -0.39 is 0 Å². The molecule has 0 saturated carbocycles. The molecule has 2 aromatic rings. The van der Waals surface area contributed by atoms with Gasteiger partial charge in [0.1, 0.15) is 0 Å². The second-order valence-corrected chi connectivity index (χ2v) is 5.07. The summed E-state index contributed by atoms with van der Waals surface area (Å²) in [5, 5.41) is 15.7. The van der Waals surface area contributed by atoms with E-state index in [2.05, 4.69) is 34.5 Å². The number of hydrogen-bond donors (Lipinski definition) is 1. The van der Waals surface area contributed by atoms with E-state index >= 15 is 0 Å². The first-order valence-corrected chi connectivity index (χ1v) is 6.54. The number of aromatic nitrogens is 4. The molecule has 19 heavy (non-hydrogen) atoms. The van der Waals surface area contributed by atoms with E-state index in [-0.39, 0.29) is 18.1 Å². The van der Waals surface area contributed by atoms with Crippen LogP contribution in [0.2, 0.25) is 0 Å². The SMILES string of the molecule is Cc1cnn([C@H](C)[C@@H](C)N[C@H](C)c2nnc(C)o2)c1. The predicted octanol–water partition coefficient (Wildman–Crippen LogP) is 2.18. The minimum Gasteiger partial charge on any atom is -0.424 e. The van der Waals surface area contributed by atoms with Crippen LogP contribution in [-0.2, 0) is 0 Å². The van der Waals surface area contributed by atoms with Crippen LogP contribution >= 0.6 is 0 Å². The van der Waals surface area contributed by atoms with Crippen LogP contribution in [-0.4, -0.2) is 26.0 Å². The van der Waals surface area contributed by atoms with Gasteiger partial charge in [0.05, 0.1) is 18.3 Å². The number of aryl methyl sites for hydroxylation is 2. The Balaban J connectivity index is 1.98. The minimum atomic E-state index is 0.0234. The van der Waals surface area contributed by atoms with Gasteiger partial charge in [0.25, 0.3) is 0 Å². The zero-order chi connectivity index (χ0) is 14.0. The monoisotopic (exact) mass is 263 g/mol. The average Bonchev–Trinajstić information content (AvgIpc) is 2.97. The topological polar surface area (TPSA) is 68.8 Å². The van der Waals surface area contributed by atoms with Crippen molar-refractivity contribution in [1.29, 1.82) is 0 Å². The average molecular weight is 263 g/mol. The van der Waals surface area contributed by atoms with E-state index in [0.29, 0.717) is 11.8 Å². The summed E-state index contributed by atoms with van der Waals surface area (Å²) in [6.07, 6.45) is 3.92. The molecule has 0 spiro atoms. The van der Waals surface area contributed by atoms with Crippen molar-refractivity contribution >= 4 is 0 Å². The summed E-state index contributed by atoms with van der Waals surface area (Å²) in [6, 6.07) is 0.511. The summed E-state index contributed by atoms with van der Waals surface area (Å²) >= 11 is 0. The molecule has 104 valence electrons. The van der Waals surface area contributed by atoms with Gasteiger partial charge in [-0.2, -0.15) is 5.10 Å². The van der Waals surface area contributed by atoms with Crippen molar-refractivity contribution in [3.63, 3.8) is 0 Å². The lowest BCUT2D eigenvalue weighted by atomic mass is 10.1. The van der Waals surface area contributed by atoms with Crippen molar-refractivity contribution in [2.45, 2.75) is 52.7 Å². The molecule has 0 saturated heterocycles. The van der Waals surface area contributed by atoms with Crippen LogP contribution in [0.15, 0.2) is 16.8 Å². The first-order valence-electron chi connectivity index (χ1n) is 6.54. The Morgan fingerprint density at radius 3 is 2.47 bits per heavy atom. The molecule has 0 fully saturated rings. The van der Waals surface area contributed by atoms with E-state index in [0.717, 1.165) is 0 Å². The maximum Gasteiger partial charge on any atom is 0.233 e. The van der Waals surface area contributed by atoms with E-state index in [4.69, 9.17) is 4.42 Å². The molecule has 6 nitrogen and oxygen atoms in total. The molecular formula is C13H21N5O. The van der Waals surface area contributed by atoms with E-state index in [1.165, 1.54) is 5.56 Å². The van der Waals surface area contributed by atoms with Gasteiger partial charge < -0.3 is 9.73 Å². The first-order chi connectivity index (χ1) is 8.97. The number of rotatable bonds is 5. The largest absolute Gasteiger partial charge is 0.424 e. The predicted molar refractivity (Wildman–Crippen MR) is 71.7 cm³/mol. The molecule has 0 aliphatic carbocycles. The fourth-order valence-electron chi connectivity index (χ4n) is 1.98. The molecule has 2 rings (SSSR count). The third kappa shape index (κ3) is 3.20. The lowest BCUT2D eigenvalue weighted by Gasteiger charge is -2.24. The van der Waals surface area contributed by atoms with Gasteiger partial charge in [-0.1, -0.05) is 0 Å². The summed E-state index contributed by atoms with van der Waals surface area (Å²) in [5.41, 5.74) is 1.17. The molecule has 0 unspecified atom stereocenters. The van der Waals surface area contributed by atoms with Crippen molar-refractivity contribution in [2.75, 3.05) is 0 Å². The summed E-state index contributed by atoms with van der Waals surface area (Å²) in [4.78, 5) is 0. The quantitative estimate of drug-likeness (QED) is 0.895. The molecule has 0 amide bonds. The smallest absolute Gasteiger partial charge is 0.233 e. The van der Waals surface area contributed by atoms with E-state index in [1.54, 1.807) is 6.92 Å². The summed E-state index contributed by atoms with van der Waals surface area (Å²) in [6.45, 7) is 10.1. The van der Waals surface area contributed by atoms with Crippen LogP contribution in [0.5, 0.6) is 0 Å². The lowest BCUT2D eigenvalue weighted by Crippen LogP contribution is -2.35. The second-order valence-electron chi connectivity index (χ2n) is 5.07. The molecule has 6 heteroatoms. The molecule has 2 heterocycles. The van der Waals surface area contributed by atoms with E-state index in [9.17, 15) is 0 Å². The third-order valence-corrected chi connectivity index (χ3v) is 3.30. The Bertz CT molecular complexity index is 533. The van der Waals surface area contributed by atoms with Crippen LogP contribution in [0.1, 0.15) is 50.2 Å². The van der Waals surface area contributed by atoms with Crippen LogP contribution in [0.25, 0.3) is 0 Å². The molecule has 2 aromatic heterocycles. The van der Waals surface area contributed by atoms with Gasteiger partial charge >= 0.3 is 0 Å². The maximum absolute atomic E-state index is 5.43. The third-order valence-electron chi connectivity index (χ3n) is 3.30. The Kier molecular flexibility index (Phi) is 3.99. The lowest BCUT2D eigenvalue weighted by molar-refractivity contribution is 0.313. The highest BCUT2D eigenvalue weighted by atomic mass is 16.4. The molecule has 1 N–H and O–H groups in total. The Labute approximate surface area is 113 Å². The van der Waals surface area contributed by atoms with Crippen LogP contribution in [0.4, 0.5) is 0 Å². The summed E-state index contributed by atoms with van der Waals surface area (Å²) in [5.74, 6) is 1.21. The van der Waals surface area contributed by atoms with Crippen molar-refractivity contribution in [2.24, 2.45) is 0 Å². The van der Waals surface area contributed by atoms with Crippen molar-refractivity contribution in [1.82, 2.24) is 25.3 Å². The Hall–Kier alpha value is -1.69. The van der Waals surface area contributed by atoms with E-state index in [1.807, 2.05) is 30.9 Å². The van der Waals surface area contributed by atoms with Crippen molar-refractivity contribution in [3.8, 4) is 0 Å². The summed E-state index contributed by atoms with van der Waals surface area (Å²) in [7, 11) is 0.